The van der Waals surface area contributed by atoms with Gasteiger partial charge in [-0.3, -0.25) is 14.4 Å². The SMILES string of the molecule is CC1CC1C(=O)Nc1cccc(C(=O)Nc2ccccc2CC(=O)O)c1. The lowest BCUT2D eigenvalue weighted by Gasteiger charge is -2.11. The smallest absolute Gasteiger partial charge is 0.307 e. The predicted molar refractivity (Wildman–Crippen MR) is 98.1 cm³/mol. The highest BCUT2D eigenvalue weighted by molar-refractivity contribution is 6.06. The van der Waals surface area contributed by atoms with Crippen LogP contribution in [0.2, 0.25) is 0 Å². The lowest BCUT2D eigenvalue weighted by molar-refractivity contribution is -0.136. The van der Waals surface area contributed by atoms with E-state index in [1.54, 1.807) is 48.5 Å². The zero-order valence-corrected chi connectivity index (χ0v) is 14.4. The van der Waals surface area contributed by atoms with Crippen molar-refractivity contribution in [1.82, 2.24) is 0 Å². The molecule has 3 rings (SSSR count). The van der Waals surface area contributed by atoms with Crippen molar-refractivity contribution >= 4 is 29.2 Å². The van der Waals surface area contributed by atoms with Gasteiger partial charge in [0.1, 0.15) is 0 Å². The fourth-order valence-corrected chi connectivity index (χ4v) is 2.81. The van der Waals surface area contributed by atoms with Crippen molar-refractivity contribution in [3.63, 3.8) is 0 Å². The minimum Gasteiger partial charge on any atom is -0.481 e. The molecule has 2 amide bonds. The van der Waals surface area contributed by atoms with Crippen LogP contribution in [0.3, 0.4) is 0 Å². The van der Waals surface area contributed by atoms with Gasteiger partial charge in [0.2, 0.25) is 5.91 Å². The van der Waals surface area contributed by atoms with Gasteiger partial charge in [0.05, 0.1) is 6.42 Å². The number of carbonyl (C=O) groups excluding carboxylic acids is 2. The molecule has 6 nitrogen and oxygen atoms in total. The summed E-state index contributed by atoms with van der Waals surface area (Å²) in [5, 5.41) is 14.6. The molecule has 2 aromatic carbocycles. The average Bonchev–Trinajstić information content (AvgIpc) is 3.33. The number of rotatable bonds is 6. The molecule has 0 bridgehead atoms. The highest BCUT2D eigenvalue weighted by atomic mass is 16.4. The van der Waals surface area contributed by atoms with E-state index in [4.69, 9.17) is 5.11 Å². The summed E-state index contributed by atoms with van der Waals surface area (Å²) in [5.74, 6) is -0.895. The molecule has 2 aromatic rings. The van der Waals surface area contributed by atoms with E-state index in [1.165, 1.54) is 0 Å². The molecule has 0 spiro atoms. The Bertz CT molecular complexity index is 862. The number of hydrogen-bond acceptors (Lipinski definition) is 3. The zero-order chi connectivity index (χ0) is 18.7. The number of carboxylic acids is 1. The van der Waals surface area contributed by atoms with Crippen molar-refractivity contribution in [2.75, 3.05) is 10.6 Å². The Labute approximate surface area is 151 Å². The summed E-state index contributed by atoms with van der Waals surface area (Å²) >= 11 is 0. The Morgan fingerprint density at radius 3 is 2.50 bits per heavy atom. The summed E-state index contributed by atoms with van der Waals surface area (Å²) in [7, 11) is 0. The molecule has 26 heavy (non-hydrogen) atoms. The molecule has 0 aromatic heterocycles. The van der Waals surface area contributed by atoms with Crippen LogP contribution in [0, 0.1) is 11.8 Å². The first-order chi connectivity index (χ1) is 12.4. The van der Waals surface area contributed by atoms with Crippen molar-refractivity contribution < 1.29 is 19.5 Å². The largest absolute Gasteiger partial charge is 0.481 e. The van der Waals surface area contributed by atoms with Crippen molar-refractivity contribution in [2.24, 2.45) is 11.8 Å². The number of anilines is 2. The van der Waals surface area contributed by atoms with Crippen molar-refractivity contribution in [2.45, 2.75) is 19.8 Å². The van der Waals surface area contributed by atoms with E-state index in [0.717, 1.165) is 6.42 Å². The third-order valence-electron chi connectivity index (χ3n) is 4.45. The molecule has 1 fully saturated rings. The Hall–Kier alpha value is -3.15. The second kappa shape index (κ2) is 7.39. The quantitative estimate of drug-likeness (QED) is 0.744. The molecule has 0 radical (unpaired) electrons. The molecule has 134 valence electrons. The van der Waals surface area contributed by atoms with E-state index in [-0.39, 0.29) is 24.2 Å². The van der Waals surface area contributed by atoms with Crippen LogP contribution in [0.1, 0.15) is 29.3 Å². The standard InChI is InChI=1S/C20H20N2O4/c1-12-9-16(12)20(26)21-15-7-4-6-14(10-15)19(25)22-17-8-3-2-5-13(17)11-18(23)24/h2-8,10,12,16H,9,11H2,1H3,(H,21,26)(H,22,25)(H,23,24). The van der Waals surface area contributed by atoms with Crippen LogP contribution in [0.15, 0.2) is 48.5 Å². The fourth-order valence-electron chi connectivity index (χ4n) is 2.81. The van der Waals surface area contributed by atoms with Crippen LogP contribution >= 0.6 is 0 Å². The fraction of sp³-hybridized carbons (Fsp3) is 0.250. The Kier molecular flexibility index (Phi) is 5.02. The number of carbonyl (C=O) groups is 3. The van der Waals surface area contributed by atoms with Gasteiger partial charge in [-0.2, -0.15) is 0 Å². The van der Waals surface area contributed by atoms with Crippen LogP contribution in [-0.4, -0.2) is 22.9 Å². The second-order valence-corrected chi connectivity index (χ2v) is 6.57. The van der Waals surface area contributed by atoms with Crippen LogP contribution in [0.25, 0.3) is 0 Å². The molecule has 1 saturated carbocycles. The van der Waals surface area contributed by atoms with E-state index >= 15 is 0 Å². The number of para-hydroxylation sites is 1. The lowest BCUT2D eigenvalue weighted by atomic mass is 10.1. The van der Waals surface area contributed by atoms with Gasteiger partial charge in [0.25, 0.3) is 5.91 Å². The van der Waals surface area contributed by atoms with Gasteiger partial charge in [-0.05, 0) is 42.2 Å². The maximum absolute atomic E-state index is 12.5. The molecular weight excluding hydrogens is 332 g/mol. The Morgan fingerprint density at radius 2 is 1.81 bits per heavy atom. The second-order valence-electron chi connectivity index (χ2n) is 6.57. The monoisotopic (exact) mass is 352 g/mol. The summed E-state index contributed by atoms with van der Waals surface area (Å²) in [6.45, 7) is 2.03. The van der Waals surface area contributed by atoms with Gasteiger partial charge in [0, 0.05) is 22.9 Å². The van der Waals surface area contributed by atoms with E-state index in [9.17, 15) is 14.4 Å². The maximum Gasteiger partial charge on any atom is 0.307 e. The minimum atomic E-state index is -0.967. The van der Waals surface area contributed by atoms with Crippen LogP contribution in [-0.2, 0) is 16.0 Å². The van der Waals surface area contributed by atoms with Crippen LogP contribution in [0.4, 0.5) is 11.4 Å². The first kappa shape index (κ1) is 17.7. The molecule has 0 aliphatic heterocycles. The molecule has 1 aliphatic carbocycles. The van der Waals surface area contributed by atoms with Crippen LogP contribution in [0.5, 0.6) is 0 Å². The first-order valence-corrected chi connectivity index (χ1v) is 8.46. The Balaban J connectivity index is 1.71. The van der Waals surface area contributed by atoms with E-state index in [1.807, 2.05) is 6.92 Å². The van der Waals surface area contributed by atoms with Gasteiger partial charge < -0.3 is 15.7 Å². The Morgan fingerprint density at radius 1 is 1.08 bits per heavy atom. The topological polar surface area (TPSA) is 95.5 Å². The number of carboxylic acid groups (broad SMARTS) is 1. The predicted octanol–water partition coefficient (Wildman–Crippen LogP) is 3.16. The first-order valence-electron chi connectivity index (χ1n) is 8.46. The number of aliphatic carboxylic acids is 1. The molecular formula is C20H20N2O4. The molecule has 2 atom stereocenters. The molecule has 6 heteroatoms. The van der Waals surface area contributed by atoms with Gasteiger partial charge >= 0.3 is 5.97 Å². The molecule has 3 N–H and O–H groups in total. The van der Waals surface area contributed by atoms with Crippen molar-refractivity contribution in [3.05, 3.63) is 59.7 Å². The number of benzene rings is 2. The number of amides is 2. The maximum atomic E-state index is 12.5. The summed E-state index contributed by atoms with van der Waals surface area (Å²) in [4.78, 5) is 35.5. The van der Waals surface area contributed by atoms with E-state index < -0.39 is 5.97 Å². The molecule has 1 aliphatic rings. The normalized spacial score (nSPS) is 18.0. The van der Waals surface area contributed by atoms with Crippen LogP contribution < -0.4 is 10.6 Å². The summed E-state index contributed by atoms with van der Waals surface area (Å²) in [5.41, 5.74) is 1.94. The highest BCUT2D eigenvalue weighted by Gasteiger charge is 2.39. The number of hydrogen-bond donors (Lipinski definition) is 3. The third-order valence-corrected chi connectivity index (χ3v) is 4.45. The average molecular weight is 352 g/mol. The lowest BCUT2D eigenvalue weighted by Crippen LogP contribution is -2.17. The summed E-state index contributed by atoms with van der Waals surface area (Å²) in [6, 6.07) is 13.5. The van der Waals surface area contributed by atoms with Gasteiger partial charge in [0.15, 0.2) is 0 Å². The van der Waals surface area contributed by atoms with Gasteiger partial charge in [-0.15, -0.1) is 0 Å². The van der Waals surface area contributed by atoms with Gasteiger partial charge in [-0.25, -0.2) is 0 Å². The van der Waals surface area contributed by atoms with Crippen molar-refractivity contribution in [1.29, 1.82) is 0 Å². The van der Waals surface area contributed by atoms with Crippen molar-refractivity contribution in [3.8, 4) is 0 Å². The highest BCUT2D eigenvalue weighted by Crippen LogP contribution is 2.38. The zero-order valence-electron chi connectivity index (χ0n) is 14.4. The molecule has 0 heterocycles. The van der Waals surface area contributed by atoms with E-state index in [2.05, 4.69) is 10.6 Å². The third kappa shape index (κ3) is 4.27. The van der Waals surface area contributed by atoms with Gasteiger partial charge in [-0.1, -0.05) is 31.2 Å². The summed E-state index contributed by atoms with van der Waals surface area (Å²) in [6.07, 6.45) is 0.721. The molecule has 2 unspecified atom stereocenters. The van der Waals surface area contributed by atoms with E-state index in [0.29, 0.717) is 28.4 Å². The molecule has 0 saturated heterocycles. The summed E-state index contributed by atoms with van der Waals surface area (Å²) < 4.78 is 0. The number of nitrogens with one attached hydrogen (secondary N) is 2. The minimum absolute atomic E-state index is 0.0261.